The third-order valence-corrected chi connectivity index (χ3v) is 5.80. The summed E-state index contributed by atoms with van der Waals surface area (Å²) in [6.07, 6.45) is 1.64. The van der Waals surface area contributed by atoms with E-state index in [1.807, 2.05) is 30.3 Å². The molecule has 2 saturated heterocycles. The maximum absolute atomic E-state index is 11.9. The fourth-order valence-corrected chi connectivity index (χ4v) is 4.34. The van der Waals surface area contributed by atoms with Gasteiger partial charge in [0.1, 0.15) is 6.33 Å². The van der Waals surface area contributed by atoms with Crippen molar-refractivity contribution >= 4 is 17.3 Å². The van der Waals surface area contributed by atoms with Crippen molar-refractivity contribution in [3.63, 3.8) is 0 Å². The first kappa shape index (κ1) is 19.0. The molecule has 0 spiro atoms. The van der Waals surface area contributed by atoms with Gasteiger partial charge in [0.15, 0.2) is 0 Å². The van der Waals surface area contributed by atoms with Crippen LogP contribution in [0.4, 0.5) is 5.69 Å². The van der Waals surface area contributed by atoms with E-state index in [2.05, 4.69) is 26.1 Å². The highest BCUT2D eigenvalue weighted by Crippen LogP contribution is 2.30. The van der Waals surface area contributed by atoms with Gasteiger partial charge in [-0.05, 0) is 6.07 Å². The number of rotatable bonds is 4. The van der Waals surface area contributed by atoms with Gasteiger partial charge in [0, 0.05) is 31.1 Å². The molecule has 0 aliphatic carbocycles. The van der Waals surface area contributed by atoms with Crippen molar-refractivity contribution in [2.24, 2.45) is 5.92 Å². The van der Waals surface area contributed by atoms with Crippen LogP contribution in [-0.2, 0) is 14.3 Å². The van der Waals surface area contributed by atoms with E-state index in [9.17, 15) is 4.79 Å². The number of aromatic nitrogens is 4. The molecule has 0 unspecified atom stereocenters. The number of carbonyl (C=O) groups excluding carboxylic acids is 1. The minimum Gasteiger partial charge on any atom is -0.468 e. The van der Waals surface area contributed by atoms with Crippen molar-refractivity contribution in [3.05, 3.63) is 42.7 Å². The molecule has 30 heavy (non-hydrogen) atoms. The molecule has 9 heteroatoms. The Labute approximate surface area is 174 Å². The highest BCUT2D eigenvalue weighted by atomic mass is 16.5. The molecule has 2 atom stereocenters. The smallest absolute Gasteiger partial charge is 0.319 e. The first-order valence-electron chi connectivity index (χ1n) is 10.1. The number of benzene rings is 1. The molecule has 2 fully saturated rings. The summed E-state index contributed by atoms with van der Waals surface area (Å²) in [4.78, 5) is 16.5. The number of hydrogen-bond donors (Lipinski definition) is 0. The summed E-state index contributed by atoms with van der Waals surface area (Å²) >= 11 is 0. The van der Waals surface area contributed by atoms with Crippen LogP contribution in [0.1, 0.15) is 0 Å². The molecular formula is C21H24N6O3. The summed E-state index contributed by atoms with van der Waals surface area (Å²) in [5.74, 6) is 0.0580. The molecule has 9 nitrogen and oxygen atoms in total. The van der Waals surface area contributed by atoms with Crippen LogP contribution in [0.5, 0.6) is 0 Å². The summed E-state index contributed by atoms with van der Waals surface area (Å²) in [7, 11) is 1.43. The second-order valence-corrected chi connectivity index (χ2v) is 7.85. The number of nitrogens with zero attached hydrogens (tertiary/aromatic N) is 6. The lowest BCUT2D eigenvalue weighted by Gasteiger charge is -2.32. The molecule has 0 N–H and O–H groups in total. The van der Waals surface area contributed by atoms with E-state index in [-0.39, 0.29) is 24.5 Å². The maximum atomic E-state index is 11.9. The summed E-state index contributed by atoms with van der Waals surface area (Å²) < 4.78 is 12.5. The Morgan fingerprint density at radius 2 is 2.07 bits per heavy atom. The van der Waals surface area contributed by atoms with Crippen LogP contribution in [0.2, 0.25) is 0 Å². The van der Waals surface area contributed by atoms with Crippen molar-refractivity contribution in [1.82, 2.24) is 24.7 Å². The SMILES string of the molecule is COC(=O)CN1C[C@H]2COC[C@@H]1CN(c1cc(-c3ccccc3)nn3cnnc13)C2. The number of methoxy groups -OCH3 is 1. The van der Waals surface area contributed by atoms with E-state index in [1.165, 1.54) is 7.11 Å². The van der Waals surface area contributed by atoms with E-state index >= 15 is 0 Å². The number of ether oxygens (including phenoxy) is 2. The summed E-state index contributed by atoms with van der Waals surface area (Å²) in [6, 6.07) is 12.3. The maximum Gasteiger partial charge on any atom is 0.319 e. The normalized spacial score (nSPS) is 22.1. The van der Waals surface area contributed by atoms with Crippen LogP contribution in [0.3, 0.4) is 0 Å². The Morgan fingerprint density at radius 3 is 2.90 bits per heavy atom. The summed E-state index contributed by atoms with van der Waals surface area (Å²) in [5, 5.41) is 13.1. The third-order valence-electron chi connectivity index (χ3n) is 5.80. The highest BCUT2D eigenvalue weighted by molar-refractivity contribution is 5.74. The van der Waals surface area contributed by atoms with E-state index in [0.29, 0.717) is 13.2 Å². The second kappa shape index (κ2) is 8.00. The van der Waals surface area contributed by atoms with E-state index in [1.54, 1.807) is 10.8 Å². The lowest BCUT2D eigenvalue weighted by Crippen LogP contribution is -2.46. The van der Waals surface area contributed by atoms with Crippen molar-refractivity contribution in [2.75, 3.05) is 51.4 Å². The Morgan fingerprint density at radius 1 is 1.20 bits per heavy atom. The van der Waals surface area contributed by atoms with Gasteiger partial charge >= 0.3 is 5.97 Å². The Hall–Kier alpha value is -3.04. The lowest BCUT2D eigenvalue weighted by atomic mass is 10.1. The summed E-state index contributed by atoms with van der Waals surface area (Å²) in [5.41, 5.74) is 3.64. The van der Waals surface area contributed by atoms with Gasteiger partial charge in [0.25, 0.3) is 0 Å². The Bertz CT molecular complexity index is 1040. The van der Waals surface area contributed by atoms with Crippen LogP contribution >= 0.6 is 0 Å². The van der Waals surface area contributed by atoms with Crippen LogP contribution in [0.25, 0.3) is 16.9 Å². The van der Waals surface area contributed by atoms with Crippen LogP contribution in [0.15, 0.2) is 42.7 Å². The zero-order valence-electron chi connectivity index (χ0n) is 16.8. The molecule has 1 aromatic carbocycles. The van der Waals surface area contributed by atoms with Gasteiger partial charge in [-0.2, -0.15) is 9.61 Å². The van der Waals surface area contributed by atoms with Gasteiger partial charge in [-0.25, -0.2) is 0 Å². The molecule has 2 bridgehead atoms. The van der Waals surface area contributed by atoms with Gasteiger partial charge < -0.3 is 14.4 Å². The van der Waals surface area contributed by atoms with Crippen molar-refractivity contribution < 1.29 is 14.3 Å². The largest absolute Gasteiger partial charge is 0.468 e. The molecule has 0 radical (unpaired) electrons. The zero-order chi connectivity index (χ0) is 20.5. The monoisotopic (exact) mass is 408 g/mol. The fraction of sp³-hybridized carbons (Fsp3) is 0.429. The number of hydrogen-bond acceptors (Lipinski definition) is 8. The molecule has 2 aromatic heterocycles. The van der Waals surface area contributed by atoms with Gasteiger partial charge in [-0.3, -0.25) is 9.69 Å². The highest BCUT2D eigenvalue weighted by Gasteiger charge is 2.35. The molecule has 156 valence electrons. The van der Waals surface area contributed by atoms with Gasteiger partial charge in [0.05, 0.1) is 44.3 Å². The minimum absolute atomic E-state index is 0.0907. The molecule has 2 aliphatic rings. The number of fused-ring (bicyclic) bond motifs is 4. The van der Waals surface area contributed by atoms with E-state index in [4.69, 9.17) is 14.6 Å². The topological polar surface area (TPSA) is 85.1 Å². The lowest BCUT2D eigenvalue weighted by molar-refractivity contribution is -0.142. The van der Waals surface area contributed by atoms with E-state index in [0.717, 1.165) is 42.2 Å². The minimum atomic E-state index is -0.218. The Kier molecular flexibility index (Phi) is 5.06. The Balaban J connectivity index is 1.52. The van der Waals surface area contributed by atoms with Gasteiger partial charge in [-0.1, -0.05) is 30.3 Å². The van der Waals surface area contributed by atoms with Crippen LogP contribution in [-0.4, -0.2) is 83.2 Å². The molecule has 0 amide bonds. The average molecular weight is 408 g/mol. The zero-order valence-corrected chi connectivity index (χ0v) is 16.8. The van der Waals surface area contributed by atoms with Crippen molar-refractivity contribution in [3.8, 4) is 11.3 Å². The fourth-order valence-electron chi connectivity index (χ4n) is 4.34. The van der Waals surface area contributed by atoms with Crippen molar-refractivity contribution in [2.45, 2.75) is 6.04 Å². The van der Waals surface area contributed by atoms with Crippen LogP contribution < -0.4 is 4.90 Å². The van der Waals surface area contributed by atoms with Crippen LogP contribution in [0, 0.1) is 5.92 Å². The van der Waals surface area contributed by atoms with Crippen molar-refractivity contribution in [1.29, 1.82) is 0 Å². The first-order valence-corrected chi connectivity index (χ1v) is 10.1. The third kappa shape index (κ3) is 3.61. The number of esters is 1. The average Bonchev–Trinajstić information content (AvgIpc) is 3.08. The molecular weight excluding hydrogens is 384 g/mol. The van der Waals surface area contributed by atoms with E-state index < -0.39 is 0 Å². The predicted molar refractivity (Wildman–Crippen MR) is 110 cm³/mol. The molecule has 3 aromatic rings. The molecule has 2 aliphatic heterocycles. The second-order valence-electron chi connectivity index (χ2n) is 7.85. The first-order chi connectivity index (χ1) is 14.7. The quantitative estimate of drug-likeness (QED) is 0.594. The van der Waals surface area contributed by atoms with Gasteiger partial charge in [-0.15, -0.1) is 10.2 Å². The number of anilines is 1. The molecule has 0 saturated carbocycles. The molecule has 4 heterocycles. The predicted octanol–water partition coefficient (Wildman–Crippen LogP) is 1.10. The molecule has 5 rings (SSSR count). The summed E-state index contributed by atoms with van der Waals surface area (Å²) in [6.45, 7) is 3.88. The number of carbonyl (C=O) groups is 1. The van der Waals surface area contributed by atoms with Gasteiger partial charge in [0.2, 0.25) is 5.65 Å². The standard InChI is InChI=1S/C21H24N6O3/c1-29-20(28)11-25-8-15-9-26(10-17(25)13-30-12-15)19-7-18(16-5-3-2-4-6-16)24-27-14-22-23-21(19)27/h2-7,14-15,17H,8-13H2,1H3/t15-,17+/m1/s1.